The highest BCUT2D eigenvalue weighted by Gasteiger charge is 2.15. The van der Waals surface area contributed by atoms with E-state index in [1.165, 1.54) is 18.2 Å². The summed E-state index contributed by atoms with van der Waals surface area (Å²) >= 11 is 0. The van der Waals surface area contributed by atoms with E-state index in [4.69, 9.17) is 0 Å². The Morgan fingerprint density at radius 1 is 1.43 bits per heavy atom. The van der Waals surface area contributed by atoms with Crippen molar-refractivity contribution in [3.63, 3.8) is 0 Å². The van der Waals surface area contributed by atoms with Crippen LogP contribution in [0.3, 0.4) is 0 Å². The van der Waals surface area contributed by atoms with Crippen molar-refractivity contribution in [2.45, 2.75) is 27.3 Å². The molecule has 0 saturated carbocycles. The van der Waals surface area contributed by atoms with Gasteiger partial charge in [-0.25, -0.2) is 0 Å². The van der Waals surface area contributed by atoms with Gasteiger partial charge in [0.05, 0.1) is 16.2 Å². The average Bonchev–Trinajstić information content (AvgIpc) is 2.82. The number of hydrogen-bond acceptors (Lipinski definition) is 4. The van der Waals surface area contributed by atoms with E-state index < -0.39 is 4.92 Å². The van der Waals surface area contributed by atoms with Gasteiger partial charge in [-0.2, -0.15) is 5.10 Å². The second kappa shape index (κ2) is 5.74. The van der Waals surface area contributed by atoms with E-state index in [9.17, 15) is 14.9 Å². The Morgan fingerprint density at radius 2 is 2.14 bits per heavy atom. The van der Waals surface area contributed by atoms with Crippen LogP contribution in [0.1, 0.15) is 28.5 Å². The van der Waals surface area contributed by atoms with E-state index in [1.807, 2.05) is 6.92 Å². The lowest BCUT2D eigenvalue weighted by molar-refractivity contribution is -0.384. The molecule has 1 aromatic heterocycles. The second-order valence-corrected chi connectivity index (χ2v) is 4.69. The Kier molecular flexibility index (Phi) is 4.02. The molecule has 1 aromatic carbocycles. The molecule has 0 bridgehead atoms. The third-order valence-corrected chi connectivity index (χ3v) is 3.18. The molecule has 2 rings (SSSR count). The minimum Gasteiger partial charge on any atom is -0.322 e. The monoisotopic (exact) mass is 288 g/mol. The predicted octanol–water partition coefficient (Wildman–Crippen LogP) is 2.68. The first kappa shape index (κ1) is 14.7. The number of nitro groups is 1. The molecule has 1 heterocycles. The summed E-state index contributed by atoms with van der Waals surface area (Å²) < 4.78 is 1.69. The number of carbonyl (C=O) groups excluding carboxylic acids is 1. The van der Waals surface area contributed by atoms with Gasteiger partial charge in [-0.15, -0.1) is 0 Å². The zero-order chi connectivity index (χ0) is 15.6. The largest absolute Gasteiger partial charge is 0.322 e. The average molecular weight is 288 g/mol. The molecule has 0 fully saturated rings. The molecule has 0 radical (unpaired) electrons. The number of nitro benzene ring substituents is 1. The van der Waals surface area contributed by atoms with Crippen LogP contribution < -0.4 is 5.32 Å². The van der Waals surface area contributed by atoms with E-state index in [2.05, 4.69) is 10.4 Å². The van der Waals surface area contributed by atoms with Crippen LogP contribution >= 0.6 is 0 Å². The number of aromatic nitrogens is 2. The summed E-state index contributed by atoms with van der Waals surface area (Å²) in [6, 6.07) is 4.33. The van der Waals surface area contributed by atoms with Crippen LogP contribution in [-0.2, 0) is 6.54 Å². The molecule has 0 aliphatic rings. The molecule has 0 unspecified atom stereocenters. The zero-order valence-corrected chi connectivity index (χ0v) is 12.1. The Bertz CT molecular complexity index is 706. The topological polar surface area (TPSA) is 90.1 Å². The molecular weight excluding hydrogens is 272 g/mol. The first-order valence-electron chi connectivity index (χ1n) is 6.52. The van der Waals surface area contributed by atoms with E-state index in [0.29, 0.717) is 29.1 Å². The molecule has 1 amide bonds. The molecule has 0 aliphatic carbocycles. The van der Waals surface area contributed by atoms with Crippen molar-refractivity contribution in [3.05, 3.63) is 51.3 Å². The standard InChI is InChI=1S/C14H16N4O3/c1-4-17-8-12(10(3)16-17)14(19)15-13-6-5-11(18(20)21)7-9(13)2/h5-8H,4H2,1-3H3,(H,15,19). The Morgan fingerprint density at radius 3 is 2.67 bits per heavy atom. The SMILES string of the molecule is CCn1cc(C(=O)Nc2ccc([N+](=O)[O-])cc2C)c(C)n1. The molecule has 21 heavy (non-hydrogen) atoms. The van der Waals surface area contributed by atoms with Crippen LogP contribution in [0.4, 0.5) is 11.4 Å². The van der Waals surface area contributed by atoms with Gasteiger partial charge in [-0.3, -0.25) is 19.6 Å². The van der Waals surface area contributed by atoms with Crippen LogP contribution in [0.15, 0.2) is 24.4 Å². The number of nitrogens with zero attached hydrogens (tertiary/aromatic N) is 3. The van der Waals surface area contributed by atoms with Gasteiger partial charge in [0.1, 0.15) is 0 Å². The third-order valence-electron chi connectivity index (χ3n) is 3.18. The molecule has 110 valence electrons. The number of carbonyl (C=O) groups is 1. The quantitative estimate of drug-likeness (QED) is 0.691. The van der Waals surface area contributed by atoms with Gasteiger partial charge in [0.15, 0.2) is 0 Å². The first-order valence-corrected chi connectivity index (χ1v) is 6.52. The van der Waals surface area contributed by atoms with Gasteiger partial charge >= 0.3 is 0 Å². The maximum absolute atomic E-state index is 12.2. The highest BCUT2D eigenvalue weighted by molar-refractivity contribution is 6.05. The Hall–Kier alpha value is -2.70. The fraction of sp³-hybridized carbons (Fsp3) is 0.286. The number of anilines is 1. The predicted molar refractivity (Wildman–Crippen MR) is 78.4 cm³/mol. The lowest BCUT2D eigenvalue weighted by Gasteiger charge is -2.07. The van der Waals surface area contributed by atoms with E-state index in [0.717, 1.165) is 0 Å². The van der Waals surface area contributed by atoms with Gasteiger partial charge in [0.25, 0.3) is 11.6 Å². The molecule has 1 N–H and O–H groups in total. The molecular formula is C14H16N4O3. The summed E-state index contributed by atoms with van der Waals surface area (Å²) in [4.78, 5) is 22.5. The fourth-order valence-electron chi connectivity index (χ4n) is 1.99. The highest BCUT2D eigenvalue weighted by atomic mass is 16.6. The van der Waals surface area contributed by atoms with Crippen LogP contribution in [0.5, 0.6) is 0 Å². The number of rotatable bonds is 4. The molecule has 0 spiro atoms. The smallest absolute Gasteiger partial charge is 0.269 e. The number of benzene rings is 1. The number of amides is 1. The van der Waals surface area contributed by atoms with Crippen molar-refractivity contribution in [2.24, 2.45) is 0 Å². The summed E-state index contributed by atoms with van der Waals surface area (Å²) in [5.41, 5.74) is 2.33. The number of aryl methyl sites for hydroxylation is 3. The molecule has 0 atom stereocenters. The summed E-state index contributed by atoms with van der Waals surface area (Å²) in [7, 11) is 0. The fourth-order valence-corrected chi connectivity index (χ4v) is 1.99. The lowest BCUT2D eigenvalue weighted by atomic mass is 10.1. The second-order valence-electron chi connectivity index (χ2n) is 4.69. The number of hydrogen-bond donors (Lipinski definition) is 1. The minimum atomic E-state index is -0.464. The van der Waals surface area contributed by atoms with Crippen LogP contribution in [0.25, 0.3) is 0 Å². The van der Waals surface area contributed by atoms with Gasteiger partial charge in [0, 0.05) is 30.6 Å². The van der Waals surface area contributed by atoms with Crippen molar-refractivity contribution < 1.29 is 9.72 Å². The van der Waals surface area contributed by atoms with E-state index >= 15 is 0 Å². The molecule has 0 aliphatic heterocycles. The molecule has 7 nitrogen and oxygen atoms in total. The molecule has 7 heteroatoms. The van der Waals surface area contributed by atoms with Gasteiger partial charge in [-0.05, 0) is 32.4 Å². The minimum absolute atomic E-state index is 0.000446. The summed E-state index contributed by atoms with van der Waals surface area (Å²) in [5.74, 6) is -0.274. The molecule has 2 aromatic rings. The van der Waals surface area contributed by atoms with Crippen LogP contribution in [0, 0.1) is 24.0 Å². The van der Waals surface area contributed by atoms with Gasteiger partial charge < -0.3 is 5.32 Å². The summed E-state index contributed by atoms with van der Waals surface area (Å²) in [6.45, 7) is 6.11. The summed E-state index contributed by atoms with van der Waals surface area (Å²) in [5, 5.41) is 17.7. The number of non-ortho nitro benzene ring substituents is 1. The van der Waals surface area contributed by atoms with E-state index in [-0.39, 0.29) is 11.6 Å². The highest BCUT2D eigenvalue weighted by Crippen LogP contribution is 2.22. The maximum atomic E-state index is 12.2. The van der Waals surface area contributed by atoms with E-state index in [1.54, 1.807) is 24.7 Å². The van der Waals surface area contributed by atoms with Crippen molar-refractivity contribution >= 4 is 17.3 Å². The Balaban J connectivity index is 2.23. The van der Waals surface area contributed by atoms with Crippen LogP contribution in [-0.4, -0.2) is 20.6 Å². The summed E-state index contributed by atoms with van der Waals surface area (Å²) in [6.07, 6.45) is 1.69. The normalized spacial score (nSPS) is 10.4. The van der Waals surface area contributed by atoms with Crippen molar-refractivity contribution in [1.29, 1.82) is 0 Å². The zero-order valence-electron chi connectivity index (χ0n) is 12.1. The van der Waals surface area contributed by atoms with Crippen molar-refractivity contribution in [3.8, 4) is 0 Å². The molecule has 0 saturated heterocycles. The van der Waals surface area contributed by atoms with Crippen molar-refractivity contribution in [2.75, 3.05) is 5.32 Å². The first-order chi connectivity index (χ1) is 9.92. The number of nitrogens with one attached hydrogen (secondary N) is 1. The lowest BCUT2D eigenvalue weighted by Crippen LogP contribution is -2.13. The van der Waals surface area contributed by atoms with Crippen molar-refractivity contribution in [1.82, 2.24) is 9.78 Å². The van der Waals surface area contributed by atoms with Gasteiger partial charge in [0.2, 0.25) is 0 Å². The van der Waals surface area contributed by atoms with Crippen LogP contribution in [0.2, 0.25) is 0 Å². The third kappa shape index (κ3) is 3.07. The van der Waals surface area contributed by atoms with Gasteiger partial charge in [-0.1, -0.05) is 0 Å². The Labute approximate surface area is 121 Å². The maximum Gasteiger partial charge on any atom is 0.269 e.